The Morgan fingerprint density at radius 2 is 2.23 bits per heavy atom. The van der Waals surface area contributed by atoms with Gasteiger partial charge in [0.05, 0.1) is 0 Å². The Morgan fingerprint density at radius 1 is 1.54 bits per heavy atom. The summed E-state index contributed by atoms with van der Waals surface area (Å²) in [6, 6.07) is 8.74. The Bertz CT molecular complexity index is 300. The number of carbonyl (C=O) groups excluding carboxylic acids is 1. The molecule has 0 aromatic heterocycles. The average Bonchev–Trinajstić information content (AvgIpc) is 2.17. The Morgan fingerprint density at radius 3 is 2.77 bits per heavy atom. The highest BCUT2D eigenvalue weighted by molar-refractivity contribution is 5.95. The van der Waals surface area contributed by atoms with Crippen molar-refractivity contribution < 1.29 is 4.79 Å². The standard InChI is InChI=1S/C12H15O/c1-4-12(13)11-7-5-6-10(8-11)9(2)3/h5,7-9H,4H2,1-3H3. The quantitative estimate of drug-likeness (QED) is 0.645. The molecule has 0 spiro atoms. The number of hydrogen-bond acceptors (Lipinski definition) is 1. The molecule has 13 heavy (non-hydrogen) atoms. The van der Waals surface area contributed by atoms with E-state index in [2.05, 4.69) is 19.9 Å². The number of carbonyl (C=O) groups is 1. The first-order valence-corrected chi connectivity index (χ1v) is 4.70. The second-order valence-electron chi connectivity index (χ2n) is 3.46. The highest BCUT2D eigenvalue weighted by Crippen LogP contribution is 2.15. The van der Waals surface area contributed by atoms with E-state index in [4.69, 9.17) is 0 Å². The SMILES string of the molecule is CCC(=O)c1cc[c]c(C(C)C)c1. The maximum absolute atomic E-state index is 11.4. The number of ketones is 1. The molecule has 0 aliphatic carbocycles. The van der Waals surface area contributed by atoms with Crippen molar-refractivity contribution in [2.45, 2.75) is 33.1 Å². The fourth-order valence-corrected chi connectivity index (χ4v) is 1.20. The second kappa shape index (κ2) is 4.22. The Labute approximate surface area is 79.8 Å². The number of benzene rings is 1. The molecule has 0 unspecified atom stereocenters. The Hall–Kier alpha value is -1.11. The van der Waals surface area contributed by atoms with Crippen molar-refractivity contribution in [3.63, 3.8) is 0 Å². The monoisotopic (exact) mass is 175 g/mol. The topological polar surface area (TPSA) is 17.1 Å². The molecule has 1 rings (SSSR count). The van der Waals surface area contributed by atoms with Gasteiger partial charge in [0.15, 0.2) is 5.78 Å². The van der Waals surface area contributed by atoms with Gasteiger partial charge in [-0.3, -0.25) is 4.79 Å². The maximum Gasteiger partial charge on any atom is 0.162 e. The normalized spacial score (nSPS) is 10.5. The summed E-state index contributed by atoms with van der Waals surface area (Å²) in [6.07, 6.45) is 0.571. The fraction of sp³-hybridized carbons (Fsp3) is 0.417. The van der Waals surface area contributed by atoms with Crippen LogP contribution in [0.4, 0.5) is 0 Å². The van der Waals surface area contributed by atoms with Crippen LogP contribution in [-0.2, 0) is 0 Å². The highest BCUT2D eigenvalue weighted by atomic mass is 16.1. The summed E-state index contributed by atoms with van der Waals surface area (Å²) in [7, 11) is 0. The number of rotatable bonds is 3. The molecule has 0 N–H and O–H groups in total. The minimum absolute atomic E-state index is 0.205. The van der Waals surface area contributed by atoms with E-state index in [1.54, 1.807) is 0 Å². The van der Waals surface area contributed by atoms with Crippen molar-refractivity contribution in [1.29, 1.82) is 0 Å². The minimum atomic E-state index is 0.205. The summed E-state index contributed by atoms with van der Waals surface area (Å²) in [6.45, 7) is 6.09. The lowest BCUT2D eigenvalue weighted by Gasteiger charge is -2.05. The van der Waals surface area contributed by atoms with Crippen LogP contribution < -0.4 is 0 Å². The zero-order chi connectivity index (χ0) is 9.84. The largest absolute Gasteiger partial charge is 0.294 e. The molecule has 0 fully saturated rings. The summed E-state index contributed by atoms with van der Waals surface area (Å²) in [5.41, 5.74) is 1.92. The molecule has 0 amide bonds. The van der Waals surface area contributed by atoms with Crippen molar-refractivity contribution in [1.82, 2.24) is 0 Å². The lowest BCUT2D eigenvalue weighted by molar-refractivity contribution is 0.0988. The zero-order valence-electron chi connectivity index (χ0n) is 8.42. The van der Waals surface area contributed by atoms with Gasteiger partial charge in [-0.1, -0.05) is 32.9 Å². The molecule has 1 aromatic carbocycles. The van der Waals surface area contributed by atoms with Gasteiger partial charge >= 0.3 is 0 Å². The number of hydrogen-bond donors (Lipinski definition) is 0. The average molecular weight is 175 g/mol. The van der Waals surface area contributed by atoms with Gasteiger partial charge in [0, 0.05) is 12.0 Å². The first-order chi connectivity index (χ1) is 6.15. The molecule has 0 aliphatic heterocycles. The van der Waals surface area contributed by atoms with Gasteiger partial charge < -0.3 is 0 Å². The molecule has 0 saturated heterocycles. The van der Waals surface area contributed by atoms with Crippen LogP contribution in [-0.4, -0.2) is 5.78 Å². The maximum atomic E-state index is 11.4. The molecule has 0 atom stereocenters. The van der Waals surface area contributed by atoms with Gasteiger partial charge in [-0.05, 0) is 23.6 Å². The van der Waals surface area contributed by atoms with Gasteiger partial charge in [0.1, 0.15) is 0 Å². The van der Waals surface area contributed by atoms with Crippen LogP contribution in [0.5, 0.6) is 0 Å². The Balaban J connectivity index is 2.98. The van der Waals surface area contributed by atoms with Crippen LogP contribution in [0.2, 0.25) is 0 Å². The smallest absolute Gasteiger partial charge is 0.162 e. The summed E-state index contributed by atoms with van der Waals surface area (Å²) in [4.78, 5) is 11.4. The van der Waals surface area contributed by atoms with E-state index in [0.717, 1.165) is 11.1 Å². The third kappa shape index (κ3) is 2.41. The first kappa shape index (κ1) is 9.97. The van der Waals surface area contributed by atoms with Crippen LogP contribution in [0.25, 0.3) is 0 Å². The molecule has 1 radical (unpaired) electrons. The fourth-order valence-electron chi connectivity index (χ4n) is 1.20. The third-order valence-electron chi connectivity index (χ3n) is 2.09. The lowest BCUT2D eigenvalue weighted by Crippen LogP contribution is -1.98. The lowest BCUT2D eigenvalue weighted by atomic mass is 9.99. The molecule has 1 nitrogen and oxygen atoms in total. The van der Waals surface area contributed by atoms with Crippen LogP contribution in [0.3, 0.4) is 0 Å². The van der Waals surface area contributed by atoms with E-state index in [-0.39, 0.29) is 5.78 Å². The van der Waals surface area contributed by atoms with Crippen molar-refractivity contribution in [2.75, 3.05) is 0 Å². The van der Waals surface area contributed by atoms with E-state index in [0.29, 0.717) is 12.3 Å². The third-order valence-corrected chi connectivity index (χ3v) is 2.09. The first-order valence-electron chi connectivity index (χ1n) is 4.70. The predicted molar refractivity (Wildman–Crippen MR) is 54.0 cm³/mol. The van der Waals surface area contributed by atoms with Gasteiger partial charge in [0.2, 0.25) is 0 Å². The van der Waals surface area contributed by atoms with E-state index in [1.807, 2.05) is 25.1 Å². The van der Waals surface area contributed by atoms with E-state index in [9.17, 15) is 4.79 Å². The predicted octanol–water partition coefficient (Wildman–Crippen LogP) is 3.20. The molecule has 1 heteroatoms. The molecule has 69 valence electrons. The van der Waals surface area contributed by atoms with E-state index in [1.165, 1.54) is 0 Å². The zero-order valence-corrected chi connectivity index (χ0v) is 8.42. The van der Waals surface area contributed by atoms with Gasteiger partial charge in [-0.25, -0.2) is 0 Å². The summed E-state index contributed by atoms with van der Waals surface area (Å²) >= 11 is 0. The summed E-state index contributed by atoms with van der Waals surface area (Å²) in [5, 5.41) is 0. The van der Waals surface area contributed by atoms with E-state index < -0.39 is 0 Å². The highest BCUT2D eigenvalue weighted by Gasteiger charge is 2.05. The summed E-state index contributed by atoms with van der Waals surface area (Å²) < 4.78 is 0. The molecular formula is C12H15O. The van der Waals surface area contributed by atoms with Gasteiger partial charge in [-0.2, -0.15) is 0 Å². The van der Waals surface area contributed by atoms with Crippen molar-refractivity contribution in [2.24, 2.45) is 0 Å². The van der Waals surface area contributed by atoms with Crippen molar-refractivity contribution in [3.8, 4) is 0 Å². The molecule has 1 aromatic rings. The minimum Gasteiger partial charge on any atom is -0.294 e. The molecule has 0 bridgehead atoms. The molecule has 0 heterocycles. The van der Waals surface area contributed by atoms with Gasteiger partial charge in [-0.15, -0.1) is 0 Å². The van der Waals surface area contributed by atoms with Crippen molar-refractivity contribution in [3.05, 3.63) is 35.4 Å². The van der Waals surface area contributed by atoms with E-state index >= 15 is 0 Å². The molecule has 0 saturated carbocycles. The molecule has 0 aliphatic rings. The van der Waals surface area contributed by atoms with Crippen LogP contribution in [0.15, 0.2) is 18.2 Å². The van der Waals surface area contributed by atoms with Gasteiger partial charge in [0.25, 0.3) is 0 Å². The van der Waals surface area contributed by atoms with Crippen LogP contribution >= 0.6 is 0 Å². The summed E-state index contributed by atoms with van der Waals surface area (Å²) in [5.74, 6) is 0.639. The van der Waals surface area contributed by atoms with Crippen molar-refractivity contribution >= 4 is 5.78 Å². The second-order valence-corrected chi connectivity index (χ2v) is 3.46. The van der Waals surface area contributed by atoms with Crippen LogP contribution in [0.1, 0.15) is 49.0 Å². The number of Topliss-reactive ketones (excluding diaryl/α,β-unsaturated/α-hetero) is 1. The Kier molecular flexibility index (Phi) is 3.24. The van der Waals surface area contributed by atoms with Crippen LogP contribution in [0, 0.1) is 6.07 Å². The molecular weight excluding hydrogens is 160 g/mol.